The molecule has 0 radical (unpaired) electrons. The third-order valence-electron chi connectivity index (χ3n) is 5.80. The third kappa shape index (κ3) is 5.39. The lowest BCUT2D eigenvalue weighted by Crippen LogP contribution is -2.30. The van der Waals surface area contributed by atoms with Gasteiger partial charge in [-0.25, -0.2) is 0 Å². The summed E-state index contributed by atoms with van der Waals surface area (Å²) in [4.78, 5) is 27.6. The van der Waals surface area contributed by atoms with E-state index in [1.54, 1.807) is 22.4 Å². The molecule has 2 aromatic heterocycles. The Kier molecular flexibility index (Phi) is 7.02. The number of thioether (sulfide) groups is 1. The molecule has 1 aliphatic rings. The highest BCUT2D eigenvalue weighted by Crippen LogP contribution is 2.32. The topological polar surface area (TPSA) is 80.1 Å². The molecule has 37 heavy (non-hydrogen) atoms. The van der Waals surface area contributed by atoms with Gasteiger partial charge in [0.05, 0.1) is 28.4 Å². The first kappa shape index (κ1) is 25.0. The Morgan fingerprint density at radius 1 is 1.05 bits per heavy atom. The number of para-hydroxylation sites is 1. The van der Waals surface area contributed by atoms with Crippen LogP contribution in [0.2, 0.25) is 0 Å². The number of hydrogen-bond acceptors (Lipinski definition) is 6. The molecule has 0 unspecified atom stereocenters. The first-order chi connectivity index (χ1) is 17.8. The summed E-state index contributed by atoms with van der Waals surface area (Å²) in [6.45, 7) is 0.507. The summed E-state index contributed by atoms with van der Waals surface area (Å²) in [5, 5.41) is 13.0. The van der Waals surface area contributed by atoms with Gasteiger partial charge in [-0.15, -0.1) is 21.5 Å². The Hall–Kier alpha value is -3.64. The number of fused-ring (bicyclic) bond motifs is 1. The van der Waals surface area contributed by atoms with Crippen molar-refractivity contribution in [2.24, 2.45) is 0 Å². The van der Waals surface area contributed by atoms with Crippen molar-refractivity contribution >= 4 is 40.6 Å². The van der Waals surface area contributed by atoms with Crippen LogP contribution in [-0.2, 0) is 23.9 Å². The number of nitrogens with zero attached hydrogens (tertiary/aromatic N) is 4. The minimum absolute atomic E-state index is 0.0208. The van der Waals surface area contributed by atoms with E-state index in [1.807, 2.05) is 24.3 Å². The smallest absolute Gasteiger partial charge is 0.344 e. The van der Waals surface area contributed by atoms with E-state index in [0.29, 0.717) is 11.4 Å². The van der Waals surface area contributed by atoms with E-state index >= 15 is 0 Å². The molecule has 4 aromatic rings. The Morgan fingerprint density at radius 3 is 2.68 bits per heavy atom. The predicted molar refractivity (Wildman–Crippen MR) is 135 cm³/mol. The van der Waals surface area contributed by atoms with Crippen molar-refractivity contribution < 1.29 is 22.8 Å². The maximum Gasteiger partial charge on any atom is 0.416 e. The van der Waals surface area contributed by atoms with E-state index < -0.39 is 11.7 Å². The summed E-state index contributed by atoms with van der Waals surface area (Å²) in [5.74, 6) is -0.204. The first-order valence-electron chi connectivity index (χ1n) is 11.3. The summed E-state index contributed by atoms with van der Waals surface area (Å²) in [6, 6.07) is 15.9. The van der Waals surface area contributed by atoms with Crippen LogP contribution >= 0.6 is 23.1 Å². The zero-order valence-corrected chi connectivity index (χ0v) is 20.9. The van der Waals surface area contributed by atoms with Crippen LogP contribution in [-0.4, -0.2) is 38.9 Å². The molecular weight excluding hydrogens is 523 g/mol. The van der Waals surface area contributed by atoms with Crippen molar-refractivity contribution in [1.82, 2.24) is 20.1 Å². The fourth-order valence-electron chi connectivity index (χ4n) is 4.04. The standard InChI is InChI=1S/C25H20F3N5O2S2/c26-25(27,28)17-6-3-7-18(13-17)33-21(14-29-23(35)20-9-4-12-36-20)30-31-24(33)37-15-22(34)32-11-10-16-5-1-2-8-19(16)32/h1-9,12-13H,10-11,14-15H2,(H,29,35). The number of hydrogen-bond donors (Lipinski definition) is 1. The highest BCUT2D eigenvalue weighted by Gasteiger charge is 2.31. The quantitative estimate of drug-likeness (QED) is 0.334. The predicted octanol–water partition coefficient (Wildman–Crippen LogP) is 4.96. The van der Waals surface area contributed by atoms with Gasteiger partial charge in [-0.2, -0.15) is 13.2 Å². The second kappa shape index (κ2) is 10.4. The minimum Gasteiger partial charge on any atom is -0.344 e. The van der Waals surface area contributed by atoms with Crippen LogP contribution in [0, 0.1) is 0 Å². The normalized spacial score (nSPS) is 13.0. The molecule has 12 heteroatoms. The van der Waals surface area contributed by atoms with Gasteiger partial charge in [-0.3, -0.25) is 14.2 Å². The van der Waals surface area contributed by atoms with Crippen molar-refractivity contribution in [2.45, 2.75) is 24.3 Å². The van der Waals surface area contributed by atoms with E-state index in [2.05, 4.69) is 15.5 Å². The number of carbonyl (C=O) groups is 2. The van der Waals surface area contributed by atoms with Gasteiger partial charge in [0.15, 0.2) is 11.0 Å². The number of benzene rings is 2. The number of halogens is 3. The number of anilines is 1. The molecule has 2 amide bonds. The molecule has 0 aliphatic carbocycles. The lowest BCUT2D eigenvalue weighted by atomic mass is 10.2. The number of nitrogens with one attached hydrogen (secondary N) is 1. The van der Waals surface area contributed by atoms with E-state index in [0.717, 1.165) is 41.6 Å². The minimum atomic E-state index is -4.54. The number of alkyl halides is 3. The third-order valence-corrected chi connectivity index (χ3v) is 7.58. The molecule has 0 saturated heterocycles. The molecule has 2 aromatic carbocycles. The van der Waals surface area contributed by atoms with Gasteiger partial charge in [-0.05, 0) is 47.7 Å². The van der Waals surface area contributed by atoms with Gasteiger partial charge in [0.25, 0.3) is 5.91 Å². The summed E-state index contributed by atoms with van der Waals surface area (Å²) in [5.41, 5.74) is 1.32. The monoisotopic (exact) mass is 543 g/mol. The lowest BCUT2D eigenvalue weighted by Gasteiger charge is -2.17. The number of aromatic nitrogens is 3. The van der Waals surface area contributed by atoms with Crippen molar-refractivity contribution in [2.75, 3.05) is 17.2 Å². The number of carbonyl (C=O) groups excluding carboxylic acids is 2. The molecule has 0 fully saturated rings. The second-order valence-electron chi connectivity index (χ2n) is 8.16. The maximum atomic E-state index is 13.4. The lowest BCUT2D eigenvalue weighted by molar-refractivity contribution is -0.137. The highest BCUT2D eigenvalue weighted by atomic mass is 32.2. The van der Waals surface area contributed by atoms with Gasteiger partial charge >= 0.3 is 6.18 Å². The van der Waals surface area contributed by atoms with Crippen LogP contribution < -0.4 is 10.2 Å². The van der Waals surface area contributed by atoms with Crippen molar-refractivity contribution in [3.8, 4) is 5.69 Å². The zero-order chi connectivity index (χ0) is 26.0. The van der Waals surface area contributed by atoms with E-state index in [9.17, 15) is 22.8 Å². The summed E-state index contributed by atoms with van der Waals surface area (Å²) >= 11 is 2.35. The van der Waals surface area contributed by atoms with Gasteiger partial charge in [0, 0.05) is 12.2 Å². The number of thiophene rings is 1. The van der Waals surface area contributed by atoms with Crippen molar-refractivity contribution in [1.29, 1.82) is 0 Å². The molecule has 0 atom stereocenters. The molecule has 0 spiro atoms. The van der Waals surface area contributed by atoms with Gasteiger partial charge in [0.1, 0.15) is 0 Å². The highest BCUT2D eigenvalue weighted by molar-refractivity contribution is 7.99. The van der Waals surface area contributed by atoms with Crippen LogP contribution in [0.15, 0.2) is 71.2 Å². The number of amides is 2. The molecule has 1 N–H and O–H groups in total. The molecule has 7 nitrogen and oxygen atoms in total. The SMILES string of the molecule is O=C(NCc1nnc(SCC(=O)N2CCc3ccccc32)n1-c1cccc(C(F)(F)F)c1)c1cccs1. The van der Waals surface area contributed by atoms with Crippen LogP contribution in [0.1, 0.15) is 26.6 Å². The van der Waals surface area contributed by atoms with Crippen LogP contribution in [0.3, 0.4) is 0 Å². The fraction of sp³-hybridized carbons (Fsp3) is 0.200. The average Bonchev–Trinajstić information content (AvgIpc) is 3.65. The molecule has 190 valence electrons. The Morgan fingerprint density at radius 2 is 1.89 bits per heavy atom. The molecule has 0 saturated carbocycles. The molecule has 3 heterocycles. The Labute approximate surface area is 218 Å². The zero-order valence-electron chi connectivity index (χ0n) is 19.2. The average molecular weight is 544 g/mol. The summed E-state index contributed by atoms with van der Waals surface area (Å²) in [7, 11) is 0. The van der Waals surface area contributed by atoms with Crippen LogP contribution in [0.25, 0.3) is 5.69 Å². The number of rotatable bonds is 7. The maximum absolute atomic E-state index is 13.4. The molecular formula is C25H20F3N5O2S2. The van der Waals surface area contributed by atoms with Gasteiger partial charge < -0.3 is 10.2 Å². The Balaban J connectivity index is 1.40. The van der Waals surface area contributed by atoms with Gasteiger partial charge in [-0.1, -0.05) is 42.1 Å². The van der Waals surface area contributed by atoms with Crippen LogP contribution in [0.4, 0.5) is 18.9 Å². The summed E-state index contributed by atoms with van der Waals surface area (Å²) < 4.78 is 41.7. The fourth-order valence-corrected chi connectivity index (χ4v) is 5.53. The van der Waals surface area contributed by atoms with Crippen molar-refractivity contribution in [3.63, 3.8) is 0 Å². The van der Waals surface area contributed by atoms with E-state index in [-0.39, 0.29) is 40.8 Å². The van der Waals surface area contributed by atoms with E-state index in [4.69, 9.17) is 0 Å². The largest absolute Gasteiger partial charge is 0.416 e. The second-order valence-corrected chi connectivity index (χ2v) is 10.0. The summed E-state index contributed by atoms with van der Waals surface area (Å²) in [6.07, 6.45) is -3.77. The van der Waals surface area contributed by atoms with Crippen molar-refractivity contribution in [3.05, 3.63) is 87.9 Å². The molecule has 1 aliphatic heterocycles. The first-order valence-corrected chi connectivity index (χ1v) is 13.1. The van der Waals surface area contributed by atoms with E-state index in [1.165, 1.54) is 28.0 Å². The molecule has 5 rings (SSSR count). The van der Waals surface area contributed by atoms with Gasteiger partial charge in [0.2, 0.25) is 5.91 Å². The van der Waals surface area contributed by atoms with Crippen LogP contribution in [0.5, 0.6) is 0 Å². The Bertz CT molecular complexity index is 1440. The molecule has 0 bridgehead atoms.